The number of amides is 2. The molecule has 1 aliphatic rings. The Balaban J connectivity index is 1.61. The Morgan fingerprint density at radius 2 is 2.17 bits per heavy atom. The van der Waals surface area contributed by atoms with Crippen molar-refractivity contribution in [2.45, 2.75) is 19.8 Å². The van der Waals surface area contributed by atoms with Crippen LogP contribution in [0.2, 0.25) is 0 Å². The fourth-order valence-electron chi connectivity index (χ4n) is 2.76. The molecule has 0 aliphatic carbocycles. The fourth-order valence-corrected chi connectivity index (χ4v) is 3.53. The molecule has 1 unspecified atom stereocenters. The number of urea groups is 1. The first-order valence-electron chi connectivity index (χ1n) is 7.95. The van der Waals surface area contributed by atoms with Gasteiger partial charge in [-0.05, 0) is 30.9 Å². The largest absolute Gasteiger partial charge is 0.495 e. The van der Waals surface area contributed by atoms with Gasteiger partial charge in [-0.3, -0.25) is 5.32 Å². The number of nitrogens with one attached hydrogen (secondary N) is 2. The van der Waals surface area contributed by atoms with E-state index < -0.39 is 0 Å². The zero-order valence-electron chi connectivity index (χ0n) is 13.8. The Morgan fingerprint density at radius 3 is 2.96 bits per heavy atom. The van der Waals surface area contributed by atoms with Crippen LogP contribution in [0, 0.1) is 5.92 Å². The Bertz CT molecular complexity index is 705. The number of methoxy groups -OCH3 is 1. The summed E-state index contributed by atoms with van der Waals surface area (Å²) in [5.41, 5.74) is 0.604. The van der Waals surface area contributed by atoms with E-state index in [1.54, 1.807) is 19.2 Å². The van der Waals surface area contributed by atoms with Crippen molar-refractivity contribution >= 4 is 33.3 Å². The molecule has 0 bridgehead atoms. The number of hydrogen-bond acceptors (Lipinski definition) is 6. The highest BCUT2D eigenvalue weighted by molar-refractivity contribution is 7.19. The predicted molar refractivity (Wildman–Crippen MR) is 96.2 cm³/mol. The van der Waals surface area contributed by atoms with Gasteiger partial charge in [0.15, 0.2) is 0 Å². The zero-order chi connectivity index (χ0) is 16.9. The van der Waals surface area contributed by atoms with Crippen molar-refractivity contribution in [2.24, 2.45) is 5.92 Å². The lowest BCUT2D eigenvalue weighted by atomic mass is 10.0. The molecule has 24 heavy (non-hydrogen) atoms. The van der Waals surface area contributed by atoms with Crippen LogP contribution in [0.3, 0.4) is 0 Å². The van der Waals surface area contributed by atoms with E-state index in [2.05, 4.69) is 32.7 Å². The average molecular weight is 347 g/mol. The molecule has 2 amide bonds. The van der Waals surface area contributed by atoms with Gasteiger partial charge in [-0.1, -0.05) is 30.4 Å². The molecule has 2 N–H and O–H groups in total. The lowest BCUT2D eigenvalue weighted by Gasteiger charge is -2.29. The minimum absolute atomic E-state index is 0.366. The van der Waals surface area contributed by atoms with Crippen LogP contribution < -0.4 is 20.3 Å². The Morgan fingerprint density at radius 1 is 1.33 bits per heavy atom. The molecule has 8 heteroatoms. The molecule has 1 aromatic heterocycles. The molecule has 2 heterocycles. The van der Waals surface area contributed by atoms with E-state index in [0.29, 0.717) is 22.5 Å². The standard InChI is InChI=1S/C16H21N5O2S/c1-11-6-5-9-21(10-11)16-20-19-15(24-16)18-14(22)17-12-7-3-4-8-13(12)23-2/h3-4,7-8,11H,5-6,9-10H2,1-2H3,(H2,17,18,19,22). The number of carbonyl (C=O) groups is 1. The van der Waals surface area contributed by atoms with E-state index in [0.717, 1.165) is 24.6 Å². The van der Waals surface area contributed by atoms with Crippen LogP contribution in [0.1, 0.15) is 19.8 Å². The minimum Gasteiger partial charge on any atom is -0.495 e. The van der Waals surface area contributed by atoms with E-state index in [4.69, 9.17) is 4.74 Å². The molecule has 1 fully saturated rings. The molecular formula is C16H21N5O2S. The normalized spacial score (nSPS) is 17.4. The second kappa shape index (κ2) is 7.48. The second-order valence-corrected chi connectivity index (χ2v) is 6.82. The van der Waals surface area contributed by atoms with Crippen LogP contribution in [0.5, 0.6) is 5.75 Å². The van der Waals surface area contributed by atoms with Crippen LogP contribution >= 0.6 is 11.3 Å². The molecule has 3 rings (SSSR count). The number of aromatic nitrogens is 2. The van der Waals surface area contributed by atoms with Gasteiger partial charge in [-0.2, -0.15) is 0 Å². The first-order valence-corrected chi connectivity index (χ1v) is 8.77. The molecule has 0 saturated carbocycles. The molecule has 1 saturated heterocycles. The predicted octanol–water partition coefficient (Wildman–Crippen LogP) is 3.43. The molecule has 1 aromatic carbocycles. The molecule has 2 aromatic rings. The quantitative estimate of drug-likeness (QED) is 0.886. The first-order chi connectivity index (χ1) is 11.7. The van der Waals surface area contributed by atoms with Gasteiger partial charge >= 0.3 is 6.03 Å². The Kier molecular flexibility index (Phi) is 5.14. The number of benzene rings is 1. The number of nitrogens with zero attached hydrogens (tertiary/aromatic N) is 3. The highest BCUT2D eigenvalue weighted by atomic mass is 32.1. The van der Waals surface area contributed by atoms with E-state index in [1.165, 1.54) is 17.8 Å². The van der Waals surface area contributed by atoms with E-state index in [-0.39, 0.29) is 6.03 Å². The van der Waals surface area contributed by atoms with Gasteiger partial charge in [0, 0.05) is 13.1 Å². The average Bonchev–Trinajstić information content (AvgIpc) is 3.03. The molecule has 0 spiro atoms. The number of ether oxygens (including phenoxy) is 1. The number of rotatable bonds is 4. The number of anilines is 3. The third-order valence-corrected chi connectivity index (χ3v) is 4.82. The first kappa shape index (κ1) is 16.5. The SMILES string of the molecule is COc1ccccc1NC(=O)Nc1nnc(N2CCCC(C)C2)s1. The minimum atomic E-state index is -0.366. The van der Waals surface area contributed by atoms with Crippen molar-refractivity contribution in [2.75, 3.05) is 35.7 Å². The van der Waals surface area contributed by atoms with Gasteiger partial charge in [0.25, 0.3) is 0 Å². The summed E-state index contributed by atoms with van der Waals surface area (Å²) in [4.78, 5) is 14.4. The lowest BCUT2D eigenvalue weighted by molar-refractivity contribution is 0.262. The smallest absolute Gasteiger partial charge is 0.325 e. The summed E-state index contributed by atoms with van der Waals surface area (Å²) in [5.74, 6) is 1.26. The van der Waals surface area contributed by atoms with Gasteiger partial charge in [0.05, 0.1) is 12.8 Å². The molecular weight excluding hydrogens is 326 g/mol. The highest BCUT2D eigenvalue weighted by Gasteiger charge is 2.20. The topological polar surface area (TPSA) is 79.4 Å². The summed E-state index contributed by atoms with van der Waals surface area (Å²) >= 11 is 1.39. The van der Waals surface area contributed by atoms with E-state index in [1.807, 2.05) is 12.1 Å². The fraction of sp³-hybridized carbons (Fsp3) is 0.438. The molecule has 1 atom stereocenters. The second-order valence-electron chi connectivity index (χ2n) is 5.86. The summed E-state index contributed by atoms with van der Waals surface area (Å²) < 4.78 is 5.22. The maximum absolute atomic E-state index is 12.1. The zero-order valence-corrected chi connectivity index (χ0v) is 14.6. The monoisotopic (exact) mass is 347 g/mol. The van der Waals surface area contributed by atoms with Crippen molar-refractivity contribution in [3.8, 4) is 5.75 Å². The van der Waals surface area contributed by atoms with Crippen molar-refractivity contribution in [3.63, 3.8) is 0 Å². The molecule has 0 radical (unpaired) electrons. The highest BCUT2D eigenvalue weighted by Crippen LogP contribution is 2.28. The molecule has 7 nitrogen and oxygen atoms in total. The van der Waals surface area contributed by atoms with Gasteiger partial charge in [0.2, 0.25) is 10.3 Å². The summed E-state index contributed by atoms with van der Waals surface area (Å²) in [6.07, 6.45) is 2.42. The van der Waals surface area contributed by atoms with Crippen LogP contribution in [0.25, 0.3) is 0 Å². The number of hydrogen-bond donors (Lipinski definition) is 2. The molecule has 1 aliphatic heterocycles. The van der Waals surface area contributed by atoms with Crippen LogP contribution in [-0.2, 0) is 0 Å². The third-order valence-electron chi connectivity index (χ3n) is 3.92. The van der Waals surface area contributed by atoms with Gasteiger partial charge in [-0.15, -0.1) is 10.2 Å². The Hall–Kier alpha value is -2.35. The van der Waals surface area contributed by atoms with Gasteiger partial charge in [-0.25, -0.2) is 4.79 Å². The lowest BCUT2D eigenvalue weighted by Crippen LogP contribution is -2.34. The summed E-state index contributed by atoms with van der Waals surface area (Å²) in [6, 6.07) is 6.88. The van der Waals surface area contributed by atoms with Crippen molar-refractivity contribution in [1.29, 1.82) is 0 Å². The van der Waals surface area contributed by atoms with Crippen LogP contribution in [0.15, 0.2) is 24.3 Å². The van der Waals surface area contributed by atoms with Crippen molar-refractivity contribution in [3.05, 3.63) is 24.3 Å². The van der Waals surface area contributed by atoms with Gasteiger partial charge in [0.1, 0.15) is 5.75 Å². The number of para-hydroxylation sites is 2. The number of piperidine rings is 1. The van der Waals surface area contributed by atoms with Crippen molar-refractivity contribution in [1.82, 2.24) is 10.2 Å². The number of carbonyl (C=O) groups excluding carboxylic acids is 1. The maximum Gasteiger partial charge on any atom is 0.325 e. The summed E-state index contributed by atoms with van der Waals surface area (Å²) in [6.45, 7) is 4.22. The van der Waals surface area contributed by atoms with Crippen LogP contribution in [0.4, 0.5) is 20.7 Å². The van der Waals surface area contributed by atoms with E-state index in [9.17, 15) is 4.79 Å². The van der Waals surface area contributed by atoms with Crippen LogP contribution in [-0.4, -0.2) is 36.4 Å². The summed E-state index contributed by atoms with van der Waals surface area (Å²) in [5, 5.41) is 15.1. The maximum atomic E-state index is 12.1. The van der Waals surface area contributed by atoms with Gasteiger partial charge < -0.3 is 15.0 Å². The Labute approximate surface area is 145 Å². The van der Waals surface area contributed by atoms with E-state index >= 15 is 0 Å². The molecule has 128 valence electrons. The third kappa shape index (κ3) is 3.94. The summed E-state index contributed by atoms with van der Waals surface area (Å²) in [7, 11) is 1.56. The van der Waals surface area contributed by atoms with Crippen molar-refractivity contribution < 1.29 is 9.53 Å².